The first kappa shape index (κ1) is 22.8. The maximum absolute atomic E-state index is 12.7. The molecule has 0 saturated heterocycles. The molecule has 0 radical (unpaired) electrons. The van der Waals surface area contributed by atoms with Crippen LogP contribution in [0.1, 0.15) is 47.5 Å². The van der Waals surface area contributed by atoms with E-state index in [0.29, 0.717) is 17.9 Å². The van der Waals surface area contributed by atoms with Crippen molar-refractivity contribution in [2.24, 2.45) is 0 Å². The van der Waals surface area contributed by atoms with Gasteiger partial charge in [-0.3, -0.25) is 9.69 Å². The van der Waals surface area contributed by atoms with Crippen molar-refractivity contribution in [3.8, 4) is 11.5 Å². The average Bonchev–Trinajstić information content (AvgIpc) is 3.15. The maximum Gasteiger partial charge on any atom is 0.251 e. The zero-order valence-corrected chi connectivity index (χ0v) is 19.5. The van der Waals surface area contributed by atoms with Crippen LogP contribution in [-0.2, 0) is 19.5 Å². The zero-order valence-electron chi connectivity index (χ0n) is 19.5. The van der Waals surface area contributed by atoms with E-state index < -0.39 is 0 Å². The van der Waals surface area contributed by atoms with Gasteiger partial charge in [-0.2, -0.15) is 0 Å². The van der Waals surface area contributed by atoms with Crippen LogP contribution in [0.25, 0.3) is 0 Å². The third-order valence-electron chi connectivity index (χ3n) is 5.85. The average molecular weight is 450 g/mol. The van der Waals surface area contributed by atoms with E-state index >= 15 is 0 Å². The van der Waals surface area contributed by atoms with Gasteiger partial charge in [-0.05, 0) is 49.7 Å². The number of nitrogens with one attached hydrogen (secondary N) is 1. The van der Waals surface area contributed by atoms with E-state index in [2.05, 4.69) is 37.1 Å². The Labute approximate surface area is 194 Å². The molecule has 0 spiro atoms. The Hall–Kier alpha value is -3.39. The minimum absolute atomic E-state index is 0.163. The number of aromatic nitrogens is 3. The first-order chi connectivity index (χ1) is 16.1. The molecule has 0 saturated carbocycles. The molecule has 1 aromatic heterocycles. The number of rotatable bonds is 8. The monoisotopic (exact) mass is 449 g/mol. The summed E-state index contributed by atoms with van der Waals surface area (Å²) in [7, 11) is 1.59. The molecule has 0 fully saturated rings. The van der Waals surface area contributed by atoms with Crippen LogP contribution in [0.4, 0.5) is 0 Å². The van der Waals surface area contributed by atoms with Crippen LogP contribution < -0.4 is 14.8 Å². The maximum atomic E-state index is 12.7. The number of ether oxygens (including phenoxy) is 2. The summed E-state index contributed by atoms with van der Waals surface area (Å²) in [5.41, 5.74) is 1.81. The highest BCUT2D eigenvalue weighted by Crippen LogP contribution is 2.19. The lowest BCUT2D eigenvalue weighted by Crippen LogP contribution is -2.30. The van der Waals surface area contributed by atoms with Gasteiger partial charge in [-0.1, -0.05) is 18.2 Å². The highest BCUT2D eigenvalue weighted by atomic mass is 16.5. The number of hydrogen-bond acceptors (Lipinski definition) is 6. The van der Waals surface area contributed by atoms with Gasteiger partial charge < -0.3 is 19.4 Å². The Bertz CT molecular complexity index is 1080. The minimum atomic E-state index is -0.261. The molecule has 1 unspecified atom stereocenters. The molecule has 1 aliphatic rings. The van der Waals surface area contributed by atoms with Gasteiger partial charge >= 0.3 is 0 Å². The van der Waals surface area contributed by atoms with Crippen LogP contribution in [-0.4, -0.2) is 52.4 Å². The summed E-state index contributed by atoms with van der Waals surface area (Å²) in [5, 5.41) is 11.9. The van der Waals surface area contributed by atoms with E-state index in [-0.39, 0.29) is 11.9 Å². The molecule has 8 heteroatoms. The lowest BCUT2D eigenvalue weighted by atomic mass is 10.2. The fourth-order valence-corrected chi connectivity index (χ4v) is 4.09. The molecular formula is C25H31N5O3. The van der Waals surface area contributed by atoms with Crippen molar-refractivity contribution in [1.29, 1.82) is 0 Å². The molecule has 8 nitrogen and oxygen atoms in total. The van der Waals surface area contributed by atoms with Crippen molar-refractivity contribution in [1.82, 2.24) is 25.0 Å². The van der Waals surface area contributed by atoms with Crippen LogP contribution in [0.5, 0.6) is 11.5 Å². The van der Waals surface area contributed by atoms with Crippen molar-refractivity contribution in [2.45, 2.75) is 39.4 Å². The SMILES string of the molecule is CCOc1ccc(CN2CCc3nnc(C(C)NC(=O)c4cccc(OC)c4)n3CC2)cc1. The number of carbonyl (C=O) groups is 1. The lowest BCUT2D eigenvalue weighted by molar-refractivity contribution is 0.0937. The van der Waals surface area contributed by atoms with Crippen LogP contribution in [0.2, 0.25) is 0 Å². The summed E-state index contributed by atoms with van der Waals surface area (Å²) in [6, 6.07) is 15.2. The number of fused-ring (bicyclic) bond motifs is 1. The number of methoxy groups -OCH3 is 1. The number of carbonyl (C=O) groups excluding carboxylic acids is 1. The predicted molar refractivity (Wildman–Crippen MR) is 125 cm³/mol. The van der Waals surface area contributed by atoms with Crippen LogP contribution in [0.15, 0.2) is 48.5 Å². The highest BCUT2D eigenvalue weighted by Gasteiger charge is 2.23. The quantitative estimate of drug-likeness (QED) is 0.569. The van der Waals surface area contributed by atoms with E-state index in [0.717, 1.165) is 50.0 Å². The molecule has 4 rings (SSSR count). The first-order valence-corrected chi connectivity index (χ1v) is 11.4. The van der Waals surface area contributed by atoms with Crippen molar-refractivity contribution in [3.05, 3.63) is 71.3 Å². The number of nitrogens with zero attached hydrogens (tertiary/aromatic N) is 4. The molecule has 1 atom stereocenters. The molecule has 3 aromatic rings. The largest absolute Gasteiger partial charge is 0.497 e. The van der Waals surface area contributed by atoms with E-state index in [1.54, 1.807) is 25.3 Å². The van der Waals surface area contributed by atoms with Gasteiger partial charge in [0.1, 0.15) is 17.3 Å². The van der Waals surface area contributed by atoms with E-state index in [1.807, 2.05) is 32.0 Å². The van der Waals surface area contributed by atoms with Gasteiger partial charge in [-0.25, -0.2) is 0 Å². The van der Waals surface area contributed by atoms with Gasteiger partial charge in [0.2, 0.25) is 0 Å². The summed E-state index contributed by atoms with van der Waals surface area (Å²) in [4.78, 5) is 15.2. The van der Waals surface area contributed by atoms with Crippen molar-refractivity contribution in [2.75, 3.05) is 26.8 Å². The third-order valence-corrected chi connectivity index (χ3v) is 5.85. The predicted octanol–water partition coefficient (Wildman–Crippen LogP) is 3.23. The molecule has 33 heavy (non-hydrogen) atoms. The fourth-order valence-electron chi connectivity index (χ4n) is 4.09. The smallest absolute Gasteiger partial charge is 0.251 e. The Balaban J connectivity index is 1.38. The van der Waals surface area contributed by atoms with Gasteiger partial charge in [0.05, 0.1) is 19.8 Å². The molecule has 1 amide bonds. The lowest BCUT2D eigenvalue weighted by Gasteiger charge is -2.20. The second-order valence-electron chi connectivity index (χ2n) is 8.16. The minimum Gasteiger partial charge on any atom is -0.497 e. The van der Waals surface area contributed by atoms with Gasteiger partial charge in [-0.15, -0.1) is 10.2 Å². The van der Waals surface area contributed by atoms with Crippen LogP contribution in [0, 0.1) is 0 Å². The molecule has 0 bridgehead atoms. The summed E-state index contributed by atoms with van der Waals surface area (Å²) >= 11 is 0. The second-order valence-corrected chi connectivity index (χ2v) is 8.16. The van der Waals surface area contributed by atoms with Crippen LogP contribution in [0.3, 0.4) is 0 Å². The Morgan fingerprint density at radius 1 is 1.09 bits per heavy atom. The zero-order chi connectivity index (χ0) is 23.2. The standard InChI is InChI=1S/C25H31N5O3/c1-4-33-21-10-8-19(9-11-21)17-29-13-12-23-27-28-24(30(23)15-14-29)18(2)26-25(31)20-6-5-7-22(16-20)32-3/h5-11,16,18H,4,12-15,17H2,1-3H3,(H,26,31). The van der Waals surface area contributed by atoms with Gasteiger partial charge in [0.15, 0.2) is 5.82 Å². The molecule has 1 N–H and O–H groups in total. The summed E-state index contributed by atoms with van der Waals surface area (Å²) in [6.07, 6.45) is 0.820. The fraction of sp³-hybridized carbons (Fsp3) is 0.400. The Morgan fingerprint density at radius 3 is 2.67 bits per heavy atom. The topological polar surface area (TPSA) is 81.5 Å². The molecule has 0 aliphatic carbocycles. The molecule has 1 aliphatic heterocycles. The van der Waals surface area contributed by atoms with Crippen LogP contribution >= 0.6 is 0 Å². The second kappa shape index (κ2) is 10.5. The first-order valence-electron chi connectivity index (χ1n) is 11.4. The number of hydrogen-bond donors (Lipinski definition) is 1. The molecular weight excluding hydrogens is 418 g/mol. The summed E-state index contributed by atoms with van der Waals surface area (Å²) in [5.74, 6) is 3.13. The Morgan fingerprint density at radius 2 is 1.91 bits per heavy atom. The van der Waals surface area contributed by atoms with E-state index in [9.17, 15) is 4.79 Å². The van der Waals surface area contributed by atoms with Gasteiger partial charge in [0.25, 0.3) is 5.91 Å². The third kappa shape index (κ3) is 5.51. The van der Waals surface area contributed by atoms with Crippen molar-refractivity contribution >= 4 is 5.91 Å². The summed E-state index contributed by atoms with van der Waals surface area (Å²) < 4.78 is 12.9. The number of benzene rings is 2. The van der Waals surface area contributed by atoms with E-state index in [1.165, 1.54) is 5.56 Å². The normalized spacial score (nSPS) is 14.8. The highest BCUT2D eigenvalue weighted by molar-refractivity contribution is 5.94. The van der Waals surface area contributed by atoms with Crippen molar-refractivity contribution < 1.29 is 14.3 Å². The number of amides is 1. The summed E-state index contributed by atoms with van der Waals surface area (Å²) in [6.45, 7) is 8.07. The molecule has 2 heterocycles. The van der Waals surface area contributed by atoms with Gasteiger partial charge in [0, 0.05) is 38.2 Å². The van der Waals surface area contributed by atoms with Crippen molar-refractivity contribution in [3.63, 3.8) is 0 Å². The Kier molecular flexibility index (Phi) is 7.24. The molecule has 174 valence electrons. The van der Waals surface area contributed by atoms with E-state index in [4.69, 9.17) is 9.47 Å². The molecule has 2 aromatic carbocycles.